The largest absolute Gasteiger partial charge is 0.325 e. The van der Waals surface area contributed by atoms with Gasteiger partial charge < -0.3 is 4.90 Å². The Labute approximate surface area is 99.2 Å². The van der Waals surface area contributed by atoms with Gasteiger partial charge in [-0.25, -0.2) is 0 Å². The SMILES string of the molecule is CS(=O)CCN1C(=O)CNC1C1CCCC1. The quantitative estimate of drug-likeness (QED) is 0.774. The van der Waals surface area contributed by atoms with Gasteiger partial charge in [-0.15, -0.1) is 0 Å². The first-order valence-electron chi connectivity index (χ1n) is 6.01. The maximum absolute atomic E-state index is 11.7. The molecule has 1 aliphatic heterocycles. The normalized spacial score (nSPS) is 28.9. The molecule has 2 unspecified atom stereocenters. The Kier molecular flexibility index (Phi) is 3.97. The van der Waals surface area contributed by atoms with Crippen LogP contribution in [0.3, 0.4) is 0 Å². The molecule has 0 radical (unpaired) electrons. The van der Waals surface area contributed by atoms with Crippen LogP contribution >= 0.6 is 0 Å². The standard InChI is InChI=1S/C11H20N2O2S/c1-16(15)7-6-13-10(14)8-12-11(13)9-4-2-3-5-9/h9,11-12H,2-8H2,1H3. The first-order valence-corrected chi connectivity index (χ1v) is 7.74. The summed E-state index contributed by atoms with van der Waals surface area (Å²) in [4.78, 5) is 13.6. The molecule has 0 aromatic heterocycles. The summed E-state index contributed by atoms with van der Waals surface area (Å²) < 4.78 is 11.1. The number of carbonyl (C=O) groups is 1. The van der Waals surface area contributed by atoms with Gasteiger partial charge in [-0.05, 0) is 18.8 Å². The molecule has 2 rings (SSSR count). The highest BCUT2D eigenvalue weighted by Gasteiger charge is 2.36. The van der Waals surface area contributed by atoms with Crippen LogP contribution in [0.4, 0.5) is 0 Å². The second kappa shape index (κ2) is 5.27. The third kappa shape index (κ3) is 2.63. The Morgan fingerprint density at radius 1 is 1.44 bits per heavy atom. The third-order valence-corrected chi connectivity index (χ3v) is 4.34. The van der Waals surface area contributed by atoms with Crippen molar-refractivity contribution in [3.05, 3.63) is 0 Å². The fourth-order valence-corrected chi connectivity index (χ4v) is 3.20. The maximum atomic E-state index is 11.7. The first kappa shape index (κ1) is 12.0. The van der Waals surface area contributed by atoms with E-state index in [1.807, 2.05) is 4.90 Å². The molecular weight excluding hydrogens is 224 g/mol. The molecule has 0 aromatic carbocycles. The molecule has 92 valence electrons. The number of nitrogens with one attached hydrogen (secondary N) is 1. The highest BCUT2D eigenvalue weighted by molar-refractivity contribution is 7.84. The van der Waals surface area contributed by atoms with Crippen molar-refractivity contribution in [3.63, 3.8) is 0 Å². The van der Waals surface area contributed by atoms with Crippen LogP contribution in [0.25, 0.3) is 0 Å². The van der Waals surface area contributed by atoms with Gasteiger partial charge in [0.05, 0.1) is 12.7 Å². The molecule has 1 heterocycles. The molecular formula is C11H20N2O2S. The number of amides is 1. The molecule has 1 aliphatic carbocycles. The van der Waals surface area contributed by atoms with Crippen LogP contribution in [0.1, 0.15) is 25.7 Å². The van der Waals surface area contributed by atoms with Crippen molar-refractivity contribution in [2.24, 2.45) is 5.92 Å². The third-order valence-electron chi connectivity index (χ3n) is 3.58. The summed E-state index contributed by atoms with van der Waals surface area (Å²) in [5, 5.41) is 3.30. The Bertz CT molecular complexity index is 290. The minimum absolute atomic E-state index is 0.169. The Balaban J connectivity index is 1.94. The molecule has 0 bridgehead atoms. The molecule has 5 heteroatoms. The molecule has 4 nitrogen and oxygen atoms in total. The topological polar surface area (TPSA) is 49.4 Å². The van der Waals surface area contributed by atoms with Gasteiger partial charge in [0.25, 0.3) is 0 Å². The lowest BCUT2D eigenvalue weighted by Crippen LogP contribution is -2.44. The van der Waals surface area contributed by atoms with Gasteiger partial charge >= 0.3 is 0 Å². The Hall–Kier alpha value is -0.420. The number of hydrogen-bond acceptors (Lipinski definition) is 3. The summed E-state index contributed by atoms with van der Waals surface area (Å²) in [5.41, 5.74) is 0. The highest BCUT2D eigenvalue weighted by Crippen LogP contribution is 2.30. The molecule has 1 N–H and O–H groups in total. The van der Waals surface area contributed by atoms with Gasteiger partial charge in [0.2, 0.25) is 5.91 Å². The van der Waals surface area contributed by atoms with E-state index in [1.54, 1.807) is 6.26 Å². The smallest absolute Gasteiger partial charge is 0.237 e. The minimum atomic E-state index is -0.815. The second-order valence-corrected chi connectivity index (χ2v) is 6.29. The number of rotatable bonds is 4. The number of hydrogen-bond donors (Lipinski definition) is 1. The van der Waals surface area contributed by atoms with Gasteiger partial charge in [-0.3, -0.25) is 14.3 Å². The van der Waals surface area contributed by atoms with Crippen LogP contribution in [-0.2, 0) is 15.6 Å². The summed E-state index contributed by atoms with van der Waals surface area (Å²) in [6.07, 6.45) is 6.90. The minimum Gasteiger partial charge on any atom is -0.325 e. The average Bonchev–Trinajstić information content (AvgIpc) is 2.83. The lowest BCUT2D eigenvalue weighted by Gasteiger charge is -2.28. The zero-order valence-electron chi connectivity index (χ0n) is 9.78. The van der Waals surface area contributed by atoms with Crippen LogP contribution in [0.15, 0.2) is 0 Å². The van der Waals surface area contributed by atoms with E-state index in [4.69, 9.17) is 0 Å². The second-order valence-electron chi connectivity index (χ2n) is 4.73. The fraction of sp³-hybridized carbons (Fsp3) is 0.909. The zero-order chi connectivity index (χ0) is 11.5. The van der Waals surface area contributed by atoms with Crippen LogP contribution in [-0.4, -0.2) is 46.3 Å². The van der Waals surface area contributed by atoms with Crippen LogP contribution in [0.2, 0.25) is 0 Å². The molecule has 1 saturated carbocycles. The molecule has 0 spiro atoms. The van der Waals surface area contributed by atoms with Crippen molar-refractivity contribution >= 4 is 16.7 Å². The van der Waals surface area contributed by atoms with E-state index in [2.05, 4.69) is 5.32 Å². The maximum Gasteiger partial charge on any atom is 0.237 e. The monoisotopic (exact) mass is 244 g/mol. The summed E-state index contributed by atoms with van der Waals surface area (Å²) in [7, 11) is -0.815. The Morgan fingerprint density at radius 3 is 2.75 bits per heavy atom. The van der Waals surface area contributed by atoms with E-state index in [0.717, 1.165) is 0 Å². The van der Waals surface area contributed by atoms with E-state index in [9.17, 15) is 9.00 Å². The van der Waals surface area contributed by atoms with Crippen molar-refractivity contribution in [1.82, 2.24) is 10.2 Å². The predicted molar refractivity (Wildman–Crippen MR) is 64.4 cm³/mol. The van der Waals surface area contributed by atoms with E-state index in [-0.39, 0.29) is 12.1 Å². The van der Waals surface area contributed by atoms with Crippen LogP contribution in [0, 0.1) is 5.92 Å². The van der Waals surface area contributed by atoms with Gasteiger partial charge in [0.1, 0.15) is 0 Å². The van der Waals surface area contributed by atoms with E-state index < -0.39 is 10.8 Å². The average molecular weight is 244 g/mol. The summed E-state index contributed by atoms with van der Waals surface area (Å²) in [5.74, 6) is 1.37. The Morgan fingerprint density at radius 2 is 2.12 bits per heavy atom. The van der Waals surface area contributed by atoms with E-state index in [0.29, 0.717) is 24.8 Å². The molecule has 0 aromatic rings. The summed E-state index contributed by atoms with van der Waals surface area (Å²) in [6.45, 7) is 1.09. The summed E-state index contributed by atoms with van der Waals surface area (Å²) >= 11 is 0. The van der Waals surface area contributed by atoms with Crippen molar-refractivity contribution in [2.75, 3.05) is 25.1 Å². The predicted octanol–water partition coefficient (Wildman–Crippen LogP) is 0.313. The fourth-order valence-electron chi connectivity index (χ4n) is 2.74. The lowest BCUT2D eigenvalue weighted by atomic mass is 10.0. The van der Waals surface area contributed by atoms with Gasteiger partial charge in [-0.1, -0.05) is 12.8 Å². The number of carbonyl (C=O) groups excluding carboxylic acids is 1. The molecule has 1 amide bonds. The lowest BCUT2D eigenvalue weighted by molar-refractivity contribution is -0.128. The van der Waals surface area contributed by atoms with E-state index >= 15 is 0 Å². The highest BCUT2D eigenvalue weighted by atomic mass is 32.2. The molecule has 2 atom stereocenters. The van der Waals surface area contributed by atoms with Gasteiger partial charge in [0.15, 0.2) is 0 Å². The molecule has 2 fully saturated rings. The van der Waals surface area contributed by atoms with Crippen LogP contribution in [0.5, 0.6) is 0 Å². The van der Waals surface area contributed by atoms with Crippen LogP contribution < -0.4 is 5.32 Å². The van der Waals surface area contributed by atoms with Gasteiger partial charge in [-0.2, -0.15) is 0 Å². The van der Waals surface area contributed by atoms with Gasteiger partial charge in [0, 0.05) is 29.4 Å². The number of nitrogens with zero attached hydrogens (tertiary/aromatic N) is 1. The van der Waals surface area contributed by atoms with Crippen molar-refractivity contribution in [3.8, 4) is 0 Å². The van der Waals surface area contributed by atoms with Crippen molar-refractivity contribution < 1.29 is 9.00 Å². The first-order chi connectivity index (χ1) is 7.68. The van der Waals surface area contributed by atoms with Crippen molar-refractivity contribution in [1.29, 1.82) is 0 Å². The molecule has 2 aliphatic rings. The molecule has 1 saturated heterocycles. The summed E-state index contributed by atoms with van der Waals surface area (Å²) in [6, 6.07) is 0. The molecule has 16 heavy (non-hydrogen) atoms. The zero-order valence-corrected chi connectivity index (χ0v) is 10.6. The van der Waals surface area contributed by atoms with Crippen molar-refractivity contribution in [2.45, 2.75) is 31.8 Å². The van der Waals surface area contributed by atoms with E-state index in [1.165, 1.54) is 25.7 Å².